The summed E-state index contributed by atoms with van der Waals surface area (Å²) >= 11 is 2.94. The minimum Gasteiger partial charge on any atom is -0.522 e. The maximum atomic E-state index is 14.1. The van der Waals surface area contributed by atoms with E-state index in [2.05, 4.69) is 80.0 Å². The number of benzene rings is 10. The van der Waals surface area contributed by atoms with Gasteiger partial charge >= 0.3 is 0 Å². The van der Waals surface area contributed by atoms with Crippen LogP contribution in [0.1, 0.15) is 173 Å². The fraction of sp³-hybridized carbons (Fsp3) is 0.310. The Morgan fingerprint density at radius 2 is 0.685 bits per heavy atom. The largest absolute Gasteiger partial charge is 0.522 e. The topological polar surface area (TPSA) is 190 Å². The molecule has 27 heteroatoms. The summed E-state index contributed by atoms with van der Waals surface area (Å²) in [5.41, 5.74) is 21.1. The van der Waals surface area contributed by atoms with Crippen LogP contribution in [0.3, 0.4) is 0 Å². The zero-order chi connectivity index (χ0) is 84.5. The molecule has 127 heavy (non-hydrogen) atoms. The van der Waals surface area contributed by atoms with Crippen LogP contribution in [0.2, 0.25) is 0 Å². The molecule has 8 aliphatic heterocycles. The summed E-state index contributed by atoms with van der Waals surface area (Å²) in [6.07, 6.45) is 3.81. The molecule has 0 fully saturated rings. The Kier molecular flexibility index (Phi) is 32.2. The number of ether oxygens (including phenoxy) is 6. The van der Waals surface area contributed by atoms with Gasteiger partial charge in [-0.05, 0) is 211 Å². The van der Waals surface area contributed by atoms with Gasteiger partial charge in [0.1, 0.15) is 37.9 Å². The molecule has 8 heterocycles. The van der Waals surface area contributed by atoms with E-state index in [4.69, 9.17) is 28.4 Å². The minimum atomic E-state index is -0.178. The summed E-state index contributed by atoms with van der Waals surface area (Å²) in [6, 6.07) is 59.3. The van der Waals surface area contributed by atoms with Crippen LogP contribution < -0.4 is 57.8 Å². The van der Waals surface area contributed by atoms with Crippen molar-refractivity contribution < 1.29 is 155 Å². The number of hydrogen-bond donors (Lipinski definition) is 0. The Hall–Kier alpha value is -8.97. The van der Waals surface area contributed by atoms with E-state index >= 15 is 0 Å². The van der Waals surface area contributed by atoms with Gasteiger partial charge < -0.3 is 77.4 Å². The van der Waals surface area contributed by atoms with Gasteiger partial charge in [-0.25, -0.2) is 19.6 Å². The first-order chi connectivity index (χ1) is 58.5. The van der Waals surface area contributed by atoms with Gasteiger partial charge in [-0.3, -0.25) is 28.8 Å². The summed E-state index contributed by atoms with van der Waals surface area (Å²) < 4.78 is 37.8. The van der Waals surface area contributed by atoms with Crippen molar-refractivity contribution in [2.24, 2.45) is 0 Å². The van der Waals surface area contributed by atoms with Gasteiger partial charge in [0, 0.05) is 198 Å². The molecule has 0 saturated carbocycles. The first-order valence-corrected chi connectivity index (χ1v) is 43.3. The molecule has 0 aliphatic carbocycles. The number of carbonyl (C=O) groups is 6. The van der Waals surface area contributed by atoms with Crippen LogP contribution in [0.4, 0.5) is 34.1 Å². The predicted octanol–water partition coefficient (Wildman–Crippen LogP) is 18.3. The summed E-state index contributed by atoms with van der Waals surface area (Å²) in [5.74, 6) is 3.71. The second-order valence-electron chi connectivity index (χ2n) is 32.2. The Bertz CT molecular complexity index is 5840. The average Bonchev–Trinajstić information content (AvgIpc) is 1.59. The Morgan fingerprint density at radius 1 is 0.394 bits per heavy atom. The third kappa shape index (κ3) is 19.1. The normalized spacial score (nSPS) is 17.2. The van der Waals surface area contributed by atoms with Crippen LogP contribution in [0.15, 0.2) is 182 Å². The van der Waals surface area contributed by atoms with Crippen LogP contribution in [-0.2, 0) is 160 Å². The fourth-order valence-electron chi connectivity index (χ4n) is 18.1. The van der Waals surface area contributed by atoms with Crippen molar-refractivity contribution >= 4 is 93.1 Å². The predicted molar refractivity (Wildman–Crippen MR) is 495 cm³/mol. The van der Waals surface area contributed by atoms with E-state index in [1.807, 2.05) is 210 Å². The Morgan fingerprint density at radius 3 is 1.04 bits per heavy atom. The monoisotopic (exact) mass is 1970 g/mol. The molecule has 1 unspecified atom stereocenters. The molecule has 0 aromatic heterocycles. The Balaban J connectivity index is 0.000000235. The molecule has 0 N–H and O–H groups in total. The van der Waals surface area contributed by atoms with Crippen LogP contribution in [0, 0.1) is 33.5 Å². The first-order valence-electron chi connectivity index (χ1n) is 40.5. The van der Waals surface area contributed by atoms with E-state index in [0.717, 1.165) is 83.9 Å². The van der Waals surface area contributed by atoms with Crippen molar-refractivity contribution in [2.75, 3.05) is 110 Å². The zero-order valence-electron chi connectivity index (χ0n) is 71.9. The SMILES string of the molecule is C.C.C.COc1cc2c(cc1OCc1cc(COc3cc4c(cc3C)C(=O)N3Cc5ccccc5[C@H]3C(C)N4C)cc(N(C)C(=O)CSC)c1)N(C)[CH-][C@@H]1c3ccccc3CN1C2=O.COc1cc2c(cc1OCc1cc(COc3cc4c(cc3C)C(=O)N3Cc5ccccc5[C@H]3[CH-]N4C)cc(N(C)C(=O)CSC)c1)N(C)[CH-][C@@H]1c3ccccc3CN1C2=O.[Y].[Y].[Y]. The molecule has 6 amide bonds. The van der Waals surface area contributed by atoms with E-state index < -0.39 is 0 Å². The number of anilines is 6. The van der Waals surface area contributed by atoms with Gasteiger partial charge in [-0.1, -0.05) is 119 Å². The van der Waals surface area contributed by atoms with Gasteiger partial charge in [0.2, 0.25) is 11.8 Å². The van der Waals surface area contributed by atoms with Gasteiger partial charge in [0.15, 0.2) is 23.0 Å². The van der Waals surface area contributed by atoms with E-state index in [1.54, 1.807) is 50.2 Å². The summed E-state index contributed by atoms with van der Waals surface area (Å²) in [4.78, 5) is 102. The number of hydrogen-bond acceptors (Lipinski definition) is 18. The third-order valence-corrected chi connectivity index (χ3v) is 25.8. The average molecular weight is 1970 g/mol. The number of nitrogens with zero attached hydrogens (tertiary/aromatic N) is 10. The van der Waals surface area contributed by atoms with Crippen LogP contribution in [-0.4, -0.2) is 142 Å². The van der Waals surface area contributed by atoms with Crippen LogP contribution in [0.25, 0.3) is 0 Å². The molecule has 5 atom stereocenters. The second kappa shape index (κ2) is 41.4. The number of thioether (sulfide) groups is 2. The molecule has 18 rings (SSSR count). The Labute approximate surface area is 831 Å². The van der Waals surface area contributed by atoms with Gasteiger partial charge in [-0.2, -0.15) is 23.5 Å². The molecule has 0 spiro atoms. The number of aryl methyl sites for hydroxylation is 2. The second-order valence-corrected chi connectivity index (χ2v) is 33.9. The first kappa shape index (κ1) is 98.6. The molecule has 3 radical (unpaired) electrons. The number of methoxy groups -OCH3 is 2. The van der Waals surface area contributed by atoms with Crippen LogP contribution in [0.5, 0.6) is 34.5 Å². The molecule has 10 aromatic rings. The van der Waals surface area contributed by atoms with Crippen LogP contribution >= 0.6 is 23.5 Å². The summed E-state index contributed by atoms with van der Waals surface area (Å²) in [7, 11) is 14.6. The molecule has 22 nitrogen and oxygen atoms in total. The van der Waals surface area contributed by atoms with Gasteiger partial charge in [0.25, 0.3) is 23.6 Å². The maximum Gasteiger partial charge on any atom is 0.256 e. The smallest absolute Gasteiger partial charge is 0.256 e. The number of fused-ring (bicyclic) bond motifs is 16. The van der Waals surface area contributed by atoms with Crippen molar-refractivity contribution in [3.05, 3.63) is 302 Å². The quantitative estimate of drug-likeness (QED) is 0.0654. The molecule has 655 valence electrons. The maximum absolute atomic E-state index is 14.1. The summed E-state index contributed by atoms with van der Waals surface area (Å²) in [6.45, 7) is 15.3. The number of rotatable bonds is 20. The minimum absolute atomic E-state index is 0. The number of carbonyl (C=O) groups excluding carboxylic acids is 6. The van der Waals surface area contributed by atoms with Crippen molar-refractivity contribution in [1.29, 1.82) is 0 Å². The van der Waals surface area contributed by atoms with Crippen molar-refractivity contribution in [3.63, 3.8) is 0 Å². The van der Waals surface area contributed by atoms with Crippen molar-refractivity contribution in [2.45, 2.75) is 126 Å². The number of likely N-dealkylation sites (N-methyl/N-ethyl adjacent to an activating group) is 4. The molecule has 0 bridgehead atoms. The molecule has 10 aromatic carbocycles. The van der Waals surface area contributed by atoms with Crippen molar-refractivity contribution in [3.8, 4) is 34.5 Å². The standard InChI is InChI=1S/C49H50N5O6S.C48H47N5O6S.3CH4.3Y/c1-29-16-38-41(51(4)30(2)47-37-15-11-9-13-34(37)24-54(47)49(38)57)22-43(29)59-26-31-17-32(19-35(18-31)52(5)46(55)28-61-7)27-60-45-21-40-39(20-44(45)58-6)48(56)53-23-33-12-8-10-14-36(33)42(53)25-50(40)3;1-29-15-37-39(49(2)24-41-35-13-9-7-11-32(35)22-52(41)47(37)55)20-43(29)58-26-30-16-31(18-34(17-30)51(4)46(54)28-60-6)27-59-45-21-40-38(19-44(45)57-5)48(56)53-23-33-12-8-10-14-36(33)42(53)25-50(40)3;;;;;;/h8-22,25,30,42,47H,23-24,26-28H2,1-7H3;7-21,24-25,41-42H,22-23,26-28H2,1-6H3;3*1H4;;;/q-1;-2;;;;;;/t30?,42-,47-;41-,42-;;;;;;/m11....../s1. The van der Waals surface area contributed by atoms with E-state index in [9.17, 15) is 28.8 Å². The van der Waals surface area contributed by atoms with Gasteiger partial charge in [0.05, 0.1) is 65.8 Å². The van der Waals surface area contributed by atoms with E-state index in [-0.39, 0.29) is 212 Å². The molecular weight excluding hydrogens is 1860 g/mol. The fourth-order valence-corrected chi connectivity index (χ4v) is 19.0. The van der Waals surface area contributed by atoms with Gasteiger partial charge in [-0.15, -0.1) is 0 Å². The molecule has 0 saturated heterocycles. The third-order valence-electron chi connectivity index (χ3n) is 24.7. The molecular formula is C100H109N10O12S2Y3-3. The van der Waals surface area contributed by atoms with E-state index in [1.165, 1.54) is 40.2 Å². The molecule has 8 aliphatic rings. The van der Waals surface area contributed by atoms with Crippen molar-refractivity contribution in [1.82, 2.24) is 19.6 Å². The summed E-state index contributed by atoms with van der Waals surface area (Å²) in [5, 5.41) is 0. The zero-order valence-corrected chi connectivity index (χ0v) is 82.1. The number of amides is 6. The van der Waals surface area contributed by atoms with E-state index in [0.29, 0.717) is 106 Å².